The molecular weight excluding hydrogens is 522 g/mol. The van der Waals surface area contributed by atoms with E-state index < -0.39 is 10.0 Å². The third kappa shape index (κ3) is 5.98. The van der Waals surface area contributed by atoms with E-state index in [2.05, 4.69) is 16.2 Å². The first-order valence-corrected chi connectivity index (χ1v) is 15.2. The Kier molecular flexibility index (Phi) is 8.38. The van der Waals surface area contributed by atoms with Crippen LogP contribution in [0.5, 0.6) is 0 Å². The molecule has 1 aliphatic carbocycles. The molecule has 40 heavy (non-hydrogen) atoms. The molecule has 0 fully saturated rings. The maximum atomic E-state index is 13.2. The van der Waals surface area contributed by atoms with Crippen LogP contribution in [0.4, 0.5) is 0 Å². The number of nitrogens with zero attached hydrogens (tertiary/aromatic N) is 2. The largest absolute Gasteiger partial charge is 0.321 e. The highest BCUT2D eigenvalue weighted by Crippen LogP contribution is 2.29. The molecule has 0 radical (unpaired) electrons. The fourth-order valence-corrected chi connectivity index (χ4v) is 6.41. The van der Waals surface area contributed by atoms with Crippen LogP contribution in [0.15, 0.2) is 83.8 Å². The quantitative estimate of drug-likeness (QED) is 0.202. The molecule has 0 amide bonds. The van der Waals surface area contributed by atoms with Crippen molar-refractivity contribution in [1.82, 2.24) is 14.3 Å². The Bertz CT molecular complexity index is 1620. The summed E-state index contributed by atoms with van der Waals surface area (Å²) in [6.07, 6.45) is 5.01. The van der Waals surface area contributed by atoms with Gasteiger partial charge >= 0.3 is 0 Å². The number of aromatic nitrogens is 2. The third-order valence-corrected chi connectivity index (χ3v) is 8.68. The number of carbonyl (C=O) groups excluding carboxylic acids is 2. The lowest BCUT2D eigenvalue weighted by molar-refractivity contribution is 0.0971. The summed E-state index contributed by atoms with van der Waals surface area (Å²) in [6, 6.07) is 23.1. The summed E-state index contributed by atoms with van der Waals surface area (Å²) in [4.78, 5) is 30.4. The summed E-state index contributed by atoms with van der Waals surface area (Å²) in [5, 5.41) is 0. The van der Waals surface area contributed by atoms with Crippen molar-refractivity contribution in [3.8, 4) is 11.1 Å². The van der Waals surface area contributed by atoms with Gasteiger partial charge in [-0.1, -0.05) is 79.7 Å². The predicted molar refractivity (Wildman–Crippen MR) is 155 cm³/mol. The van der Waals surface area contributed by atoms with E-state index in [0.717, 1.165) is 60.4 Å². The monoisotopic (exact) mass is 555 g/mol. The fourth-order valence-electron chi connectivity index (χ4n) is 5.20. The maximum Gasteiger partial charge on any atom is 0.241 e. The molecule has 0 atom stereocenters. The fraction of sp³-hybridized carbons (Fsp3) is 0.281. The molecule has 5 rings (SSSR count). The van der Waals surface area contributed by atoms with E-state index in [1.165, 1.54) is 0 Å². The van der Waals surface area contributed by atoms with Crippen LogP contribution < -0.4 is 4.72 Å². The zero-order valence-electron chi connectivity index (χ0n) is 22.6. The zero-order chi connectivity index (χ0) is 28.1. The lowest BCUT2D eigenvalue weighted by Gasteiger charge is -2.14. The van der Waals surface area contributed by atoms with Crippen LogP contribution in [0.25, 0.3) is 11.1 Å². The van der Waals surface area contributed by atoms with Gasteiger partial charge in [0.25, 0.3) is 0 Å². The average molecular weight is 556 g/mol. The van der Waals surface area contributed by atoms with Gasteiger partial charge in [-0.05, 0) is 42.9 Å². The van der Waals surface area contributed by atoms with E-state index in [9.17, 15) is 18.0 Å². The van der Waals surface area contributed by atoms with Gasteiger partial charge in [0.1, 0.15) is 11.5 Å². The molecule has 0 unspecified atom stereocenters. The molecule has 1 N–H and O–H groups in total. The van der Waals surface area contributed by atoms with E-state index in [0.29, 0.717) is 24.1 Å². The Morgan fingerprint density at radius 3 is 2.38 bits per heavy atom. The van der Waals surface area contributed by atoms with E-state index in [1.54, 1.807) is 54.6 Å². The Labute approximate surface area is 235 Å². The van der Waals surface area contributed by atoms with Crippen LogP contribution in [0.1, 0.15) is 70.5 Å². The van der Waals surface area contributed by atoms with Gasteiger partial charge in [-0.25, -0.2) is 18.1 Å². The number of carbonyl (C=O) groups is 2. The van der Waals surface area contributed by atoms with Gasteiger partial charge in [-0.15, -0.1) is 0 Å². The normalized spacial score (nSPS) is 13.6. The number of nitrogens with one attached hydrogen (secondary N) is 1. The van der Waals surface area contributed by atoms with Crippen molar-refractivity contribution in [1.29, 1.82) is 0 Å². The molecule has 0 spiro atoms. The maximum absolute atomic E-state index is 13.2. The van der Waals surface area contributed by atoms with Gasteiger partial charge in [0.15, 0.2) is 11.6 Å². The van der Waals surface area contributed by atoms with E-state index in [1.807, 2.05) is 24.3 Å². The van der Waals surface area contributed by atoms with Gasteiger partial charge in [0.05, 0.1) is 17.1 Å². The SMILES string of the molecule is CCCc1nc2c(n1Cc1ccc(-c3ccccc3S(=O)(=O)NCC(=O)c3ccccc3)cc1)C(=O)CCCC2. The highest BCUT2D eigenvalue weighted by molar-refractivity contribution is 7.89. The van der Waals surface area contributed by atoms with Gasteiger partial charge in [0, 0.05) is 30.5 Å². The molecule has 1 heterocycles. The summed E-state index contributed by atoms with van der Waals surface area (Å²) in [5.74, 6) is 0.806. The summed E-state index contributed by atoms with van der Waals surface area (Å²) in [5.41, 5.74) is 4.41. The molecule has 1 aliphatic rings. The standard InChI is InChI=1S/C32H33N3O4S/c1-2-10-31-34-27-14-7-8-15-28(36)32(27)35(31)22-23-17-19-24(20-18-23)26-13-6-9-16-30(26)40(38,39)33-21-29(37)25-11-4-3-5-12-25/h3-6,9,11-13,16-20,33H,2,7-8,10,14-15,21-22H2,1H3. The van der Waals surface area contributed by atoms with Crippen molar-refractivity contribution < 1.29 is 18.0 Å². The van der Waals surface area contributed by atoms with Crippen LogP contribution in [-0.4, -0.2) is 36.1 Å². The number of aryl methyl sites for hydroxylation is 2. The lowest BCUT2D eigenvalue weighted by Crippen LogP contribution is -2.30. The second-order valence-corrected chi connectivity index (χ2v) is 11.8. The van der Waals surface area contributed by atoms with Crippen LogP contribution in [0, 0.1) is 0 Å². The Balaban J connectivity index is 1.38. The van der Waals surface area contributed by atoms with Gasteiger partial charge in [-0.3, -0.25) is 9.59 Å². The van der Waals surface area contributed by atoms with Gasteiger partial charge in [0.2, 0.25) is 10.0 Å². The minimum atomic E-state index is -3.95. The number of imidazole rings is 1. The third-order valence-electron chi connectivity index (χ3n) is 7.22. The molecule has 206 valence electrons. The molecule has 0 saturated carbocycles. The molecule has 7 nitrogen and oxygen atoms in total. The molecule has 0 aliphatic heterocycles. The van der Waals surface area contributed by atoms with Crippen molar-refractivity contribution >= 4 is 21.6 Å². The molecule has 1 aromatic heterocycles. The number of fused-ring (bicyclic) bond motifs is 1. The number of rotatable bonds is 10. The van der Waals surface area contributed by atoms with Crippen LogP contribution in [0.3, 0.4) is 0 Å². The number of benzene rings is 3. The van der Waals surface area contributed by atoms with Gasteiger partial charge < -0.3 is 4.57 Å². The second kappa shape index (κ2) is 12.1. The topological polar surface area (TPSA) is 98.1 Å². The highest BCUT2D eigenvalue weighted by atomic mass is 32.2. The number of Topliss-reactive ketones (excluding diaryl/α,β-unsaturated/α-hetero) is 2. The van der Waals surface area contributed by atoms with E-state index in [4.69, 9.17) is 4.98 Å². The number of ketones is 2. The second-order valence-electron chi connectivity index (χ2n) is 10.1. The number of hydrogen-bond acceptors (Lipinski definition) is 5. The summed E-state index contributed by atoms with van der Waals surface area (Å²) >= 11 is 0. The molecular formula is C32H33N3O4S. The number of hydrogen-bond donors (Lipinski definition) is 1. The van der Waals surface area contributed by atoms with Crippen molar-refractivity contribution in [2.24, 2.45) is 0 Å². The smallest absolute Gasteiger partial charge is 0.241 e. The minimum Gasteiger partial charge on any atom is -0.321 e. The minimum absolute atomic E-state index is 0.111. The first kappa shape index (κ1) is 27.7. The molecule has 8 heteroatoms. The Morgan fingerprint density at radius 1 is 0.925 bits per heavy atom. The summed E-state index contributed by atoms with van der Waals surface area (Å²) in [7, 11) is -3.95. The molecule has 0 saturated heterocycles. The van der Waals surface area contributed by atoms with Crippen LogP contribution in [0.2, 0.25) is 0 Å². The average Bonchev–Trinajstić information content (AvgIpc) is 3.20. The summed E-state index contributed by atoms with van der Waals surface area (Å²) < 4.78 is 31.0. The first-order chi connectivity index (χ1) is 19.4. The highest BCUT2D eigenvalue weighted by Gasteiger charge is 2.25. The van der Waals surface area contributed by atoms with Crippen molar-refractivity contribution in [3.63, 3.8) is 0 Å². The van der Waals surface area contributed by atoms with Crippen molar-refractivity contribution in [3.05, 3.63) is 107 Å². The van der Waals surface area contributed by atoms with Crippen LogP contribution >= 0.6 is 0 Å². The van der Waals surface area contributed by atoms with Crippen molar-refractivity contribution in [2.45, 2.75) is 56.9 Å². The molecule has 0 bridgehead atoms. The molecule has 3 aromatic carbocycles. The van der Waals surface area contributed by atoms with Gasteiger partial charge in [-0.2, -0.15) is 0 Å². The zero-order valence-corrected chi connectivity index (χ0v) is 23.4. The van der Waals surface area contributed by atoms with Crippen LogP contribution in [-0.2, 0) is 29.4 Å². The lowest BCUT2D eigenvalue weighted by atomic mass is 10.0. The first-order valence-electron chi connectivity index (χ1n) is 13.7. The molecule has 4 aromatic rings. The van der Waals surface area contributed by atoms with E-state index >= 15 is 0 Å². The number of sulfonamides is 1. The Hall–Kier alpha value is -3.88. The van der Waals surface area contributed by atoms with Crippen molar-refractivity contribution in [2.75, 3.05) is 6.54 Å². The predicted octanol–water partition coefficient (Wildman–Crippen LogP) is 5.62. The summed E-state index contributed by atoms with van der Waals surface area (Å²) in [6.45, 7) is 2.32. The van der Waals surface area contributed by atoms with E-state index in [-0.39, 0.29) is 23.0 Å². The Morgan fingerprint density at radius 2 is 1.62 bits per heavy atom.